The summed E-state index contributed by atoms with van der Waals surface area (Å²) in [6, 6.07) is 16.2. The number of thiazole rings is 1. The minimum absolute atomic E-state index is 0.00754. The van der Waals surface area contributed by atoms with Crippen LogP contribution < -0.4 is 10.6 Å². The number of rotatable bonds is 8. The van der Waals surface area contributed by atoms with Crippen LogP contribution in [0.4, 0.5) is 4.79 Å². The van der Waals surface area contributed by atoms with Gasteiger partial charge in [0.25, 0.3) is 5.91 Å². The minimum atomic E-state index is -1.07. The number of hydrogen-bond donors (Lipinski definition) is 3. The number of benzene rings is 2. The van der Waals surface area contributed by atoms with E-state index < -0.39 is 23.4 Å². The molecule has 4 rings (SSSR count). The third-order valence-electron chi connectivity index (χ3n) is 5.77. The van der Waals surface area contributed by atoms with Crippen molar-refractivity contribution in [1.82, 2.24) is 15.6 Å². The van der Waals surface area contributed by atoms with Gasteiger partial charge < -0.3 is 20.5 Å². The quantitative estimate of drug-likeness (QED) is 0.449. The minimum Gasteiger partial charge on any atom is -0.481 e. The topological polar surface area (TPSA) is 118 Å². The number of ether oxygens (including phenoxy) is 1. The Morgan fingerprint density at radius 2 is 1.65 bits per heavy atom. The molecular formula is C25H25N3O5S. The van der Waals surface area contributed by atoms with Gasteiger partial charge in [0.15, 0.2) is 0 Å². The monoisotopic (exact) mass is 479 g/mol. The molecular weight excluding hydrogens is 454 g/mol. The first-order chi connectivity index (χ1) is 16.3. The van der Waals surface area contributed by atoms with E-state index in [4.69, 9.17) is 9.84 Å². The van der Waals surface area contributed by atoms with Gasteiger partial charge in [-0.2, -0.15) is 0 Å². The second kappa shape index (κ2) is 9.64. The van der Waals surface area contributed by atoms with Crippen molar-refractivity contribution in [2.75, 3.05) is 13.2 Å². The Hall–Kier alpha value is -3.72. The molecule has 0 aliphatic heterocycles. The Morgan fingerprint density at radius 1 is 1.03 bits per heavy atom. The summed E-state index contributed by atoms with van der Waals surface area (Å²) in [4.78, 5) is 40.3. The fourth-order valence-corrected chi connectivity index (χ4v) is 4.53. The Labute approximate surface area is 201 Å². The van der Waals surface area contributed by atoms with Gasteiger partial charge in [0.2, 0.25) is 0 Å². The maximum Gasteiger partial charge on any atom is 0.407 e. The van der Waals surface area contributed by atoms with Gasteiger partial charge in [0.05, 0.1) is 18.2 Å². The molecule has 176 valence electrons. The molecule has 0 bridgehead atoms. The van der Waals surface area contributed by atoms with Crippen LogP contribution in [0.15, 0.2) is 54.7 Å². The van der Waals surface area contributed by atoms with Crippen LogP contribution in [0.3, 0.4) is 0 Å². The molecule has 0 fully saturated rings. The molecule has 1 aliphatic carbocycles. The van der Waals surface area contributed by atoms with Crippen molar-refractivity contribution in [2.24, 2.45) is 5.41 Å². The van der Waals surface area contributed by atoms with Crippen molar-refractivity contribution in [3.8, 4) is 11.1 Å². The summed E-state index contributed by atoms with van der Waals surface area (Å²) in [7, 11) is 0. The molecule has 0 atom stereocenters. The van der Waals surface area contributed by atoms with Crippen molar-refractivity contribution in [1.29, 1.82) is 0 Å². The summed E-state index contributed by atoms with van der Waals surface area (Å²) < 4.78 is 5.51. The lowest BCUT2D eigenvalue weighted by molar-refractivity contribution is -0.146. The third kappa shape index (κ3) is 4.94. The summed E-state index contributed by atoms with van der Waals surface area (Å²) >= 11 is 1.13. The van der Waals surface area contributed by atoms with E-state index in [9.17, 15) is 14.4 Å². The fourth-order valence-electron chi connectivity index (χ4n) is 3.76. The maximum atomic E-state index is 12.3. The predicted octanol–water partition coefficient (Wildman–Crippen LogP) is 4.02. The standard InChI is InChI=1S/C25H25N3O5S/c1-25(2,23(30)31)14-28-22(29)20-11-26-21(34-20)12-27-24(32)33-13-19-17-9-5-3-7-15(17)16-8-4-6-10-18(16)19/h3-11,19H,12-14H2,1-2H3,(H,27,32)(H,28,29)(H,30,31). The number of fused-ring (bicyclic) bond motifs is 3. The molecule has 3 N–H and O–H groups in total. The lowest BCUT2D eigenvalue weighted by atomic mass is 9.94. The van der Waals surface area contributed by atoms with Gasteiger partial charge in [0.1, 0.15) is 16.5 Å². The molecule has 8 nitrogen and oxygen atoms in total. The van der Waals surface area contributed by atoms with Gasteiger partial charge in [-0.05, 0) is 36.1 Å². The molecule has 0 saturated heterocycles. The van der Waals surface area contributed by atoms with Crippen molar-refractivity contribution >= 4 is 29.3 Å². The first kappa shape index (κ1) is 23.4. The third-order valence-corrected chi connectivity index (χ3v) is 6.77. The number of carbonyl (C=O) groups is 3. The van der Waals surface area contributed by atoms with Crippen molar-refractivity contribution in [2.45, 2.75) is 26.3 Å². The lowest BCUT2D eigenvalue weighted by Gasteiger charge is -2.18. The summed E-state index contributed by atoms with van der Waals surface area (Å²) in [6.45, 7) is 3.39. The molecule has 2 aromatic carbocycles. The highest BCUT2D eigenvalue weighted by atomic mass is 32.1. The molecule has 2 amide bonds. The van der Waals surface area contributed by atoms with Crippen molar-refractivity contribution in [3.05, 3.63) is 75.7 Å². The van der Waals surface area contributed by atoms with Crippen LogP contribution in [0.1, 0.15) is 45.6 Å². The summed E-state index contributed by atoms with van der Waals surface area (Å²) in [5.74, 6) is -1.42. The van der Waals surface area contributed by atoms with Crippen LogP contribution in [0, 0.1) is 5.41 Å². The van der Waals surface area contributed by atoms with Crippen molar-refractivity contribution < 1.29 is 24.2 Å². The van der Waals surface area contributed by atoms with E-state index in [-0.39, 0.29) is 25.6 Å². The normalized spacial score (nSPS) is 12.5. The largest absolute Gasteiger partial charge is 0.481 e. The number of nitrogens with one attached hydrogen (secondary N) is 2. The number of nitrogens with zero attached hydrogens (tertiary/aromatic N) is 1. The van der Waals surface area contributed by atoms with E-state index in [1.807, 2.05) is 24.3 Å². The number of amides is 2. The fraction of sp³-hybridized carbons (Fsp3) is 0.280. The number of carboxylic acid groups (broad SMARTS) is 1. The molecule has 1 aromatic heterocycles. The molecule has 3 aromatic rings. The molecule has 9 heteroatoms. The number of hydrogen-bond acceptors (Lipinski definition) is 6. The Bertz CT molecular complexity index is 1190. The van der Waals surface area contributed by atoms with Crippen LogP contribution >= 0.6 is 11.3 Å². The number of carbonyl (C=O) groups excluding carboxylic acids is 2. The van der Waals surface area contributed by atoms with E-state index >= 15 is 0 Å². The summed E-state index contributed by atoms with van der Waals surface area (Å²) in [6.07, 6.45) is 0.842. The highest BCUT2D eigenvalue weighted by Gasteiger charge is 2.29. The van der Waals surface area contributed by atoms with Gasteiger partial charge in [-0.15, -0.1) is 11.3 Å². The molecule has 34 heavy (non-hydrogen) atoms. The maximum absolute atomic E-state index is 12.3. The van der Waals surface area contributed by atoms with Crippen LogP contribution in [-0.4, -0.2) is 41.2 Å². The Balaban J connectivity index is 1.29. The molecule has 0 radical (unpaired) electrons. The zero-order chi connectivity index (χ0) is 24.3. The van der Waals surface area contributed by atoms with Gasteiger partial charge in [-0.3, -0.25) is 9.59 Å². The van der Waals surface area contributed by atoms with E-state index in [2.05, 4.69) is 39.9 Å². The Kier molecular flexibility index (Phi) is 6.65. The average molecular weight is 480 g/mol. The first-order valence-corrected chi connectivity index (χ1v) is 11.6. The highest BCUT2D eigenvalue weighted by molar-refractivity contribution is 7.13. The average Bonchev–Trinajstić information content (AvgIpc) is 3.43. The van der Waals surface area contributed by atoms with Crippen LogP contribution in [-0.2, 0) is 16.1 Å². The van der Waals surface area contributed by atoms with E-state index in [1.54, 1.807) is 0 Å². The van der Waals surface area contributed by atoms with E-state index in [0.29, 0.717) is 9.88 Å². The second-order valence-corrected chi connectivity index (χ2v) is 9.78. The van der Waals surface area contributed by atoms with Crippen molar-refractivity contribution in [3.63, 3.8) is 0 Å². The molecule has 0 saturated carbocycles. The van der Waals surface area contributed by atoms with Gasteiger partial charge >= 0.3 is 12.1 Å². The van der Waals surface area contributed by atoms with Crippen LogP contribution in [0.2, 0.25) is 0 Å². The summed E-state index contributed by atoms with van der Waals surface area (Å²) in [5.41, 5.74) is 3.52. The van der Waals surface area contributed by atoms with E-state index in [1.165, 1.54) is 20.0 Å². The molecule has 0 unspecified atom stereocenters. The SMILES string of the molecule is CC(C)(CNC(=O)c1cnc(CNC(=O)OCC2c3ccccc3-c3ccccc32)s1)C(=O)O. The van der Waals surface area contributed by atoms with Crippen LogP contribution in [0.25, 0.3) is 11.1 Å². The zero-order valence-electron chi connectivity index (χ0n) is 18.8. The lowest BCUT2D eigenvalue weighted by Crippen LogP contribution is -2.38. The number of aliphatic carboxylic acids is 1. The molecule has 1 aliphatic rings. The number of alkyl carbamates (subject to hydrolysis) is 1. The Morgan fingerprint density at radius 3 is 2.26 bits per heavy atom. The number of carboxylic acids is 1. The van der Waals surface area contributed by atoms with Gasteiger partial charge in [0, 0.05) is 12.5 Å². The van der Waals surface area contributed by atoms with Crippen LogP contribution in [0.5, 0.6) is 0 Å². The molecule has 1 heterocycles. The smallest absolute Gasteiger partial charge is 0.407 e. The van der Waals surface area contributed by atoms with Gasteiger partial charge in [-0.1, -0.05) is 48.5 Å². The second-order valence-electron chi connectivity index (χ2n) is 8.67. The predicted molar refractivity (Wildman–Crippen MR) is 128 cm³/mol. The summed E-state index contributed by atoms with van der Waals surface area (Å²) in [5, 5.41) is 15.0. The van der Waals surface area contributed by atoms with Gasteiger partial charge in [-0.25, -0.2) is 9.78 Å². The number of aromatic nitrogens is 1. The molecule has 0 spiro atoms. The zero-order valence-corrected chi connectivity index (χ0v) is 19.6. The highest BCUT2D eigenvalue weighted by Crippen LogP contribution is 2.44. The first-order valence-electron chi connectivity index (χ1n) is 10.8. The van der Waals surface area contributed by atoms with E-state index in [0.717, 1.165) is 33.6 Å².